The molecule has 1 amide bonds. The van der Waals surface area contributed by atoms with Crippen molar-refractivity contribution in [1.29, 1.82) is 0 Å². The number of amides is 1. The van der Waals surface area contributed by atoms with Crippen molar-refractivity contribution in [3.05, 3.63) is 48.2 Å². The zero-order valence-corrected chi connectivity index (χ0v) is 11.2. The van der Waals surface area contributed by atoms with Gasteiger partial charge in [0.05, 0.1) is 0 Å². The molecule has 20 heavy (non-hydrogen) atoms. The minimum Gasteiger partial charge on any atom is -0.451 e. The van der Waals surface area contributed by atoms with Gasteiger partial charge >= 0.3 is 0 Å². The molecule has 1 aromatic carbocycles. The number of nitrogens with zero attached hydrogens (tertiary/aromatic N) is 2. The van der Waals surface area contributed by atoms with E-state index in [0.29, 0.717) is 37.7 Å². The fourth-order valence-electron chi connectivity index (χ4n) is 2.29. The van der Waals surface area contributed by atoms with Gasteiger partial charge in [-0.2, -0.15) is 0 Å². The van der Waals surface area contributed by atoms with Crippen molar-refractivity contribution in [1.82, 2.24) is 9.91 Å². The minimum absolute atomic E-state index is 0.0692. The van der Waals surface area contributed by atoms with E-state index in [1.165, 1.54) is 0 Å². The molecule has 5 heteroatoms. The lowest BCUT2D eigenvalue weighted by Crippen LogP contribution is -2.51. The molecule has 0 saturated carbocycles. The van der Waals surface area contributed by atoms with Gasteiger partial charge in [-0.1, -0.05) is 30.3 Å². The Labute approximate surface area is 117 Å². The van der Waals surface area contributed by atoms with Gasteiger partial charge in [0.2, 0.25) is 0 Å². The van der Waals surface area contributed by atoms with Crippen LogP contribution in [-0.2, 0) is 0 Å². The van der Waals surface area contributed by atoms with Crippen LogP contribution in [-0.4, -0.2) is 42.0 Å². The van der Waals surface area contributed by atoms with Gasteiger partial charge in [0, 0.05) is 31.7 Å². The van der Waals surface area contributed by atoms with E-state index < -0.39 is 0 Å². The van der Waals surface area contributed by atoms with Gasteiger partial charge in [0.15, 0.2) is 5.76 Å². The van der Waals surface area contributed by atoms with E-state index in [-0.39, 0.29) is 5.91 Å². The molecule has 0 atom stereocenters. The summed E-state index contributed by atoms with van der Waals surface area (Å²) in [4.78, 5) is 14.1. The minimum atomic E-state index is -0.0692. The SMILES string of the molecule is NN1CCN(C(=O)c2ccc(-c3ccccc3)o2)CC1. The fraction of sp³-hybridized carbons (Fsp3) is 0.267. The second-order valence-electron chi connectivity index (χ2n) is 4.86. The second-order valence-corrected chi connectivity index (χ2v) is 4.86. The molecule has 1 aromatic heterocycles. The summed E-state index contributed by atoms with van der Waals surface area (Å²) < 4.78 is 5.68. The van der Waals surface area contributed by atoms with Crippen LogP contribution in [0.2, 0.25) is 0 Å². The Hall–Kier alpha value is -2.11. The van der Waals surface area contributed by atoms with Crippen molar-refractivity contribution < 1.29 is 9.21 Å². The third-order valence-corrected chi connectivity index (χ3v) is 3.48. The highest BCUT2D eigenvalue weighted by atomic mass is 16.4. The summed E-state index contributed by atoms with van der Waals surface area (Å²) >= 11 is 0. The predicted octanol–water partition coefficient (Wildman–Crippen LogP) is 1.58. The Morgan fingerprint density at radius 1 is 1.00 bits per heavy atom. The van der Waals surface area contributed by atoms with Gasteiger partial charge in [-0.15, -0.1) is 0 Å². The Kier molecular flexibility index (Phi) is 3.54. The number of carbonyl (C=O) groups is 1. The summed E-state index contributed by atoms with van der Waals surface area (Å²) in [5.41, 5.74) is 0.971. The van der Waals surface area contributed by atoms with Crippen molar-refractivity contribution in [2.75, 3.05) is 26.2 Å². The average molecular weight is 271 g/mol. The summed E-state index contributed by atoms with van der Waals surface area (Å²) in [6, 6.07) is 13.3. The molecule has 0 spiro atoms. The predicted molar refractivity (Wildman–Crippen MR) is 75.8 cm³/mol. The molecule has 5 nitrogen and oxygen atoms in total. The summed E-state index contributed by atoms with van der Waals surface area (Å²) in [7, 11) is 0. The number of hydrogen-bond donors (Lipinski definition) is 1. The van der Waals surface area contributed by atoms with E-state index in [0.717, 1.165) is 5.56 Å². The molecule has 2 N–H and O–H groups in total. The van der Waals surface area contributed by atoms with Crippen LogP contribution in [0.4, 0.5) is 0 Å². The number of piperazine rings is 1. The van der Waals surface area contributed by atoms with Gasteiger partial charge in [-0.05, 0) is 12.1 Å². The Morgan fingerprint density at radius 3 is 2.40 bits per heavy atom. The third kappa shape index (κ3) is 2.59. The Morgan fingerprint density at radius 2 is 1.70 bits per heavy atom. The summed E-state index contributed by atoms with van der Waals surface area (Å²) in [5.74, 6) is 6.72. The van der Waals surface area contributed by atoms with Gasteiger partial charge < -0.3 is 9.32 Å². The van der Waals surface area contributed by atoms with Crippen LogP contribution in [0.3, 0.4) is 0 Å². The van der Waals surface area contributed by atoms with E-state index in [1.54, 1.807) is 16.0 Å². The van der Waals surface area contributed by atoms with Crippen LogP contribution < -0.4 is 5.84 Å². The molecule has 1 fully saturated rings. The van der Waals surface area contributed by atoms with Crippen molar-refractivity contribution in [2.24, 2.45) is 5.84 Å². The maximum atomic E-state index is 12.3. The van der Waals surface area contributed by atoms with E-state index in [4.69, 9.17) is 10.3 Å². The molecule has 0 radical (unpaired) electrons. The fourth-order valence-corrected chi connectivity index (χ4v) is 2.29. The molecule has 1 saturated heterocycles. The first-order valence-electron chi connectivity index (χ1n) is 6.68. The first-order chi connectivity index (χ1) is 9.74. The molecule has 0 bridgehead atoms. The van der Waals surface area contributed by atoms with Gasteiger partial charge in [0.1, 0.15) is 5.76 Å². The molecule has 1 aliphatic rings. The van der Waals surface area contributed by atoms with Crippen LogP contribution in [0.25, 0.3) is 11.3 Å². The van der Waals surface area contributed by atoms with Crippen molar-refractivity contribution in [2.45, 2.75) is 0 Å². The van der Waals surface area contributed by atoms with Crippen LogP contribution in [0, 0.1) is 0 Å². The number of hydrogen-bond acceptors (Lipinski definition) is 4. The van der Waals surface area contributed by atoms with Crippen LogP contribution in [0.1, 0.15) is 10.6 Å². The maximum Gasteiger partial charge on any atom is 0.289 e. The zero-order chi connectivity index (χ0) is 13.9. The Balaban J connectivity index is 1.75. The summed E-state index contributed by atoms with van der Waals surface area (Å²) in [5, 5.41) is 1.72. The number of hydrazine groups is 1. The number of nitrogens with two attached hydrogens (primary N) is 1. The summed E-state index contributed by atoms with van der Waals surface area (Å²) in [6.45, 7) is 2.66. The molecule has 2 heterocycles. The van der Waals surface area contributed by atoms with E-state index in [1.807, 2.05) is 36.4 Å². The number of rotatable bonds is 2. The molecule has 0 aliphatic carbocycles. The van der Waals surface area contributed by atoms with E-state index >= 15 is 0 Å². The number of benzene rings is 1. The third-order valence-electron chi connectivity index (χ3n) is 3.48. The monoisotopic (exact) mass is 271 g/mol. The largest absolute Gasteiger partial charge is 0.451 e. The quantitative estimate of drug-likeness (QED) is 0.842. The lowest BCUT2D eigenvalue weighted by molar-refractivity contribution is 0.0608. The van der Waals surface area contributed by atoms with Crippen molar-refractivity contribution in [3.63, 3.8) is 0 Å². The van der Waals surface area contributed by atoms with Crippen LogP contribution >= 0.6 is 0 Å². The number of furan rings is 1. The molecule has 3 rings (SSSR count). The van der Waals surface area contributed by atoms with Crippen LogP contribution in [0.15, 0.2) is 46.9 Å². The molecule has 1 aliphatic heterocycles. The average Bonchev–Trinajstić information content (AvgIpc) is 2.98. The molecule has 104 valence electrons. The molecule has 0 unspecified atom stereocenters. The number of carbonyl (C=O) groups excluding carboxylic acids is 1. The summed E-state index contributed by atoms with van der Waals surface area (Å²) in [6.07, 6.45) is 0. The zero-order valence-electron chi connectivity index (χ0n) is 11.2. The maximum absolute atomic E-state index is 12.3. The Bertz CT molecular complexity index is 586. The first-order valence-corrected chi connectivity index (χ1v) is 6.68. The molecular formula is C15H17N3O2. The smallest absolute Gasteiger partial charge is 0.289 e. The van der Waals surface area contributed by atoms with Gasteiger partial charge in [0.25, 0.3) is 5.91 Å². The van der Waals surface area contributed by atoms with Crippen molar-refractivity contribution in [3.8, 4) is 11.3 Å². The second kappa shape index (κ2) is 5.48. The van der Waals surface area contributed by atoms with Crippen molar-refractivity contribution >= 4 is 5.91 Å². The highest BCUT2D eigenvalue weighted by Crippen LogP contribution is 2.22. The van der Waals surface area contributed by atoms with Gasteiger partial charge in [-0.25, -0.2) is 5.01 Å². The normalized spacial score (nSPS) is 16.4. The molecular weight excluding hydrogens is 254 g/mol. The standard InChI is InChI=1S/C15H17N3O2/c16-18-10-8-17(9-11-18)15(19)14-7-6-13(20-14)12-4-2-1-3-5-12/h1-7H,8-11,16H2. The lowest BCUT2D eigenvalue weighted by Gasteiger charge is -2.31. The first kappa shape index (κ1) is 12.9. The topological polar surface area (TPSA) is 62.7 Å². The van der Waals surface area contributed by atoms with E-state index in [9.17, 15) is 4.79 Å². The highest BCUT2D eigenvalue weighted by molar-refractivity contribution is 5.92. The lowest BCUT2D eigenvalue weighted by atomic mass is 10.2. The highest BCUT2D eigenvalue weighted by Gasteiger charge is 2.23. The van der Waals surface area contributed by atoms with Gasteiger partial charge in [-0.3, -0.25) is 10.6 Å². The molecule has 2 aromatic rings. The van der Waals surface area contributed by atoms with E-state index in [2.05, 4.69) is 0 Å². The van der Waals surface area contributed by atoms with Crippen LogP contribution in [0.5, 0.6) is 0 Å².